The van der Waals surface area contributed by atoms with Crippen molar-refractivity contribution < 1.29 is 9.31 Å². The molecule has 1 aromatic heterocycles. The Labute approximate surface area is 80.0 Å². The summed E-state index contributed by atoms with van der Waals surface area (Å²) in [4.78, 5) is 22.3. The number of benzene rings is 1. The second kappa shape index (κ2) is 2.88. The summed E-state index contributed by atoms with van der Waals surface area (Å²) in [5, 5.41) is 10.4. The lowest BCUT2D eigenvalue weighted by Crippen LogP contribution is -1.92. The number of halogens is 1. The van der Waals surface area contributed by atoms with Gasteiger partial charge in [0.1, 0.15) is 0 Å². The fourth-order valence-electron chi connectivity index (χ4n) is 1.10. The number of aromatic nitrogens is 1. The molecule has 0 fully saturated rings. The minimum Gasteiger partial charge on any atom is -0.310 e. The maximum atomic E-state index is 13.2. The number of nitrogens with zero attached hydrogens (tertiary/aromatic N) is 1. The number of hydrogen-bond acceptors (Lipinski definition) is 4. The number of fused-ring (bicyclic) bond motifs is 1. The van der Waals surface area contributed by atoms with E-state index in [-0.39, 0.29) is 15.9 Å². The molecule has 1 N–H and O–H groups in total. The Hall–Kier alpha value is -1.76. The van der Waals surface area contributed by atoms with Crippen LogP contribution in [0.25, 0.3) is 10.2 Å². The molecule has 0 aliphatic rings. The topological polar surface area (TPSA) is 76.0 Å². The van der Waals surface area contributed by atoms with Crippen LogP contribution in [0.5, 0.6) is 0 Å². The minimum absolute atomic E-state index is 0.0191. The lowest BCUT2D eigenvalue weighted by Gasteiger charge is -1.92. The molecule has 0 bridgehead atoms. The number of nitrogens with one attached hydrogen (secondary N) is 1. The molecule has 1 aromatic carbocycles. The first kappa shape index (κ1) is 8.82. The van der Waals surface area contributed by atoms with Crippen LogP contribution >= 0.6 is 11.3 Å². The van der Waals surface area contributed by atoms with Crippen molar-refractivity contribution in [2.45, 2.75) is 0 Å². The van der Waals surface area contributed by atoms with E-state index in [0.29, 0.717) is 0 Å². The van der Waals surface area contributed by atoms with Crippen molar-refractivity contribution in [2.75, 3.05) is 0 Å². The van der Waals surface area contributed by atoms with Crippen molar-refractivity contribution >= 4 is 27.2 Å². The third-order valence-electron chi connectivity index (χ3n) is 1.68. The van der Waals surface area contributed by atoms with Crippen molar-refractivity contribution in [2.24, 2.45) is 0 Å². The number of nitro benzene ring substituents is 1. The van der Waals surface area contributed by atoms with E-state index >= 15 is 0 Å². The highest BCUT2D eigenvalue weighted by atomic mass is 32.1. The zero-order chi connectivity index (χ0) is 10.3. The SMILES string of the molecule is O=c1[nH]c2c(F)cc([N+](=O)[O-])cc2s1. The highest BCUT2D eigenvalue weighted by molar-refractivity contribution is 7.16. The summed E-state index contributed by atoms with van der Waals surface area (Å²) in [7, 11) is 0. The maximum Gasteiger partial charge on any atom is 0.305 e. The van der Waals surface area contributed by atoms with E-state index in [1.54, 1.807) is 0 Å². The average molecular weight is 214 g/mol. The van der Waals surface area contributed by atoms with Crippen molar-refractivity contribution in [1.82, 2.24) is 4.98 Å². The number of rotatable bonds is 1. The van der Waals surface area contributed by atoms with Gasteiger partial charge in [-0.3, -0.25) is 14.9 Å². The lowest BCUT2D eigenvalue weighted by atomic mass is 10.3. The molecule has 0 spiro atoms. The Bertz CT molecular complexity index is 574. The van der Waals surface area contributed by atoms with Gasteiger partial charge in [0.2, 0.25) is 0 Å². The first-order chi connectivity index (χ1) is 6.58. The Morgan fingerprint density at radius 2 is 2.21 bits per heavy atom. The molecule has 72 valence electrons. The minimum atomic E-state index is -0.785. The molecule has 7 heteroatoms. The van der Waals surface area contributed by atoms with Crippen molar-refractivity contribution in [1.29, 1.82) is 0 Å². The van der Waals surface area contributed by atoms with Gasteiger partial charge < -0.3 is 4.98 Å². The first-order valence-electron chi connectivity index (χ1n) is 3.54. The van der Waals surface area contributed by atoms with Crippen LogP contribution in [0.3, 0.4) is 0 Å². The van der Waals surface area contributed by atoms with Gasteiger partial charge in [-0.1, -0.05) is 11.3 Å². The molecule has 0 aliphatic heterocycles. The molecule has 0 saturated carbocycles. The maximum absolute atomic E-state index is 13.2. The Kier molecular flexibility index (Phi) is 1.81. The molecule has 2 aromatic rings. The molecular formula is C7H3FN2O3S. The van der Waals surface area contributed by atoms with Gasteiger partial charge in [0.25, 0.3) is 5.69 Å². The van der Waals surface area contributed by atoms with E-state index < -0.39 is 15.6 Å². The van der Waals surface area contributed by atoms with Gasteiger partial charge in [0, 0.05) is 6.07 Å². The van der Waals surface area contributed by atoms with Crippen LogP contribution in [-0.4, -0.2) is 9.91 Å². The fraction of sp³-hybridized carbons (Fsp3) is 0. The van der Waals surface area contributed by atoms with Crippen LogP contribution in [0.15, 0.2) is 16.9 Å². The number of H-pyrrole nitrogens is 1. The second-order valence-corrected chi connectivity index (χ2v) is 3.59. The average Bonchev–Trinajstić information content (AvgIpc) is 2.45. The van der Waals surface area contributed by atoms with Crippen LogP contribution in [0.2, 0.25) is 0 Å². The van der Waals surface area contributed by atoms with E-state index in [1.165, 1.54) is 6.07 Å². The standard InChI is InChI=1S/C7H3FN2O3S/c8-4-1-3(10(12)13)2-5-6(4)9-7(11)14-5/h1-2H,(H,9,11). The normalized spacial score (nSPS) is 10.6. The zero-order valence-corrected chi connectivity index (χ0v) is 7.43. The third-order valence-corrected chi connectivity index (χ3v) is 2.51. The lowest BCUT2D eigenvalue weighted by molar-refractivity contribution is -0.384. The number of hydrogen-bond donors (Lipinski definition) is 1. The smallest absolute Gasteiger partial charge is 0.305 e. The summed E-state index contributed by atoms with van der Waals surface area (Å²) < 4.78 is 13.4. The Morgan fingerprint density at radius 1 is 1.50 bits per heavy atom. The molecule has 5 nitrogen and oxygen atoms in total. The largest absolute Gasteiger partial charge is 0.310 e. The van der Waals surface area contributed by atoms with Gasteiger partial charge in [-0.15, -0.1) is 0 Å². The van der Waals surface area contributed by atoms with E-state index in [0.717, 1.165) is 17.4 Å². The number of aromatic amines is 1. The third kappa shape index (κ3) is 1.27. The molecule has 14 heavy (non-hydrogen) atoms. The first-order valence-corrected chi connectivity index (χ1v) is 4.36. The Morgan fingerprint density at radius 3 is 2.86 bits per heavy atom. The van der Waals surface area contributed by atoms with Gasteiger partial charge in [-0.05, 0) is 0 Å². The summed E-state index contributed by atoms with van der Waals surface area (Å²) >= 11 is 0.742. The summed E-state index contributed by atoms with van der Waals surface area (Å²) in [6, 6.07) is 1.95. The fourth-order valence-corrected chi connectivity index (χ4v) is 1.89. The van der Waals surface area contributed by atoms with E-state index in [1.807, 2.05) is 0 Å². The van der Waals surface area contributed by atoms with Crippen molar-refractivity contribution in [3.63, 3.8) is 0 Å². The molecule has 0 atom stereocenters. The Balaban J connectivity index is 2.84. The van der Waals surface area contributed by atoms with E-state index in [4.69, 9.17) is 0 Å². The highest BCUT2D eigenvalue weighted by Crippen LogP contribution is 2.24. The number of non-ortho nitro benzene ring substituents is 1. The van der Waals surface area contributed by atoms with Crippen molar-refractivity contribution in [3.8, 4) is 0 Å². The van der Waals surface area contributed by atoms with Gasteiger partial charge in [-0.2, -0.15) is 0 Å². The highest BCUT2D eigenvalue weighted by Gasteiger charge is 2.13. The summed E-state index contributed by atoms with van der Waals surface area (Å²) in [6.07, 6.45) is 0. The molecule has 0 aliphatic carbocycles. The molecule has 1 heterocycles. The van der Waals surface area contributed by atoms with E-state index in [2.05, 4.69) is 4.98 Å². The van der Waals surface area contributed by atoms with Gasteiger partial charge in [0.15, 0.2) is 5.82 Å². The summed E-state index contributed by atoms with van der Waals surface area (Å²) in [6.45, 7) is 0. The van der Waals surface area contributed by atoms with Crippen LogP contribution in [-0.2, 0) is 0 Å². The van der Waals surface area contributed by atoms with Crippen molar-refractivity contribution in [3.05, 3.63) is 37.7 Å². The predicted molar refractivity (Wildman–Crippen MR) is 49.1 cm³/mol. The summed E-state index contributed by atoms with van der Waals surface area (Å²) in [5.74, 6) is -0.785. The number of thiazole rings is 1. The van der Waals surface area contributed by atoms with Crippen LogP contribution in [0.4, 0.5) is 10.1 Å². The molecule has 0 saturated heterocycles. The van der Waals surface area contributed by atoms with Crippen LogP contribution in [0, 0.1) is 15.9 Å². The van der Waals surface area contributed by atoms with Gasteiger partial charge in [-0.25, -0.2) is 4.39 Å². The molecule has 0 unspecified atom stereocenters. The van der Waals surface area contributed by atoms with Gasteiger partial charge in [0.05, 0.1) is 21.2 Å². The monoisotopic (exact) mass is 214 g/mol. The summed E-state index contributed by atoms with van der Waals surface area (Å²) in [5.41, 5.74) is -0.337. The van der Waals surface area contributed by atoms with Gasteiger partial charge >= 0.3 is 4.87 Å². The quantitative estimate of drug-likeness (QED) is 0.579. The van der Waals surface area contributed by atoms with Crippen LogP contribution < -0.4 is 4.87 Å². The predicted octanol–water partition coefficient (Wildman–Crippen LogP) is 1.64. The second-order valence-electron chi connectivity index (χ2n) is 2.57. The molecule has 2 rings (SSSR count). The van der Waals surface area contributed by atoms with E-state index in [9.17, 15) is 19.3 Å². The molecule has 0 radical (unpaired) electrons. The zero-order valence-electron chi connectivity index (χ0n) is 6.61. The number of nitro groups is 1. The molecule has 0 amide bonds. The molecular weight excluding hydrogens is 211 g/mol. The van der Waals surface area contributed by atoms with Crippen LogP contribution in [0.1, 0.15) is 0 Å².